The van der Waals surface area contributed by atoms with Gasteiger partial charge in [0.2, 0.25) is 0 Å². The van der Waals surface area contributed by atoms with E-state index < -0.39 is 0 Å². The second kappa shape index (κ2) is 9.68. The van der Waals surface area contributed by atoms with Crippen LogP contribution in [0.5, 0.6) is 11.5 Å². The first-order valence-electron chi connectivity index (χ1n) is 10.7. The first-order chi connectivity index (χ1) is 15.5. The number of hydrogen-bond donors (Lipinski definition) is 0. The van der Waals surface area contributed by atoms with Crippen molar-refractivity contribution in [2.75, 3.05) is 44.8 Å². The quantitative estimate of drug-likeness (QED) is 0.594. The van der Waals surface area contributed by atoms with Crippen LogP contribution in [-0.2, 0) is 4.79 Å². The van der Waals surface area contributed by atoms with Crippen molar-refractivity contribution < 1.29 is 14.3 Å². The molecule has 7 nitrogen and oxygen atoms in total. The average Bonchev–Trinajstić information content (AvgIpc) is 2.85. The molecule has 0 spiro atoms. The van der Waals surface area contributed by atoms with E-state index in [0.717, 1.165) is 22.8 Å². The third-order valence-corrected chi connectivity index (χ3v) is 5.83. The zero-order valence-corrected chi connectivity index (χ0v) is 18.7. The zero-order valence-electron chi connectivity index (χ0n) is 18.7. The molecule has 0 unspecified atom stereocenters. The number of hydrogen-bond acceptors (Lipinski definition) is 6. The van der Waals surface area contributed by atoms with Gasteiger partial charge in [0.05, 0.1) is 12.8 Å². The van der Waals surface area contributed by atoms with E-state index in [-0.39, 0.29) is 12.5 Å². The van der Waals surface area contributed by atoms with Gasteiger partial charge >= 0.3 is 0 Å². The maximum atomic E-state index is 12.5. The highest BCUT2D eigenvalue weighted by atomic mass is 16.5. The minimum absolute atomic E-state index is 0.0170. The fourth-order valence-corrected chi connectivity index (χ4v) is 3.64. The lowest BCUT2D eigenvalue weighted by molar-refractivity contribution is -0.133. The second-order valence-electron chi connectivity index (χ2n) is 7.91. The molecule has 2 heterocycles. The molecule has 166 valence electrons. The molecule has 4 rings (SSSR count). The molecule has 7 heteroatoms. The minimum atomic E-state index is -0.0170. The van der Waals surface area contributed by atoms with Crippen molar-refractivity contribution in [1.82, 2.24) is 15.1 Å². The molecular weight excluding hydrogens is 404 g/mol. The molecule has 0 N–H and O–H groups in total. The van der Waals surface area contributed by atoms with Crippen molar-refractivity contribution >= 4 is 11.7 Å². The Balaban J connectivity index is 1.29. The summed E-state index contributed by atoms with van der Waals surface area (Å²) in [4.78, 5) is 16.5. The number of carbonyl (C=O) groups is 1. The van der Waals surface area contributed by atoms with Crippen LogP contribution in [0, 0.1) is 13.8 Å². The Morgan fingerprint density at radius 2 is 1.59 bits per heavy atom. The molecule has 0 aliphatic carbocycles. The minimum Gasteiger partial charge on any atom is -0.497 e. The number of carbonyl (C=O) groups excluding carboxylic acids is 1. The van der Waals surface area contributed by atoms with Gasteiger partial charge in [-0.05, 0) is 67.4 Å². The summed E-state index contributed by atoms with van der Waals surface area (Å²) in [6, 6.07) is 17.5. The fraction of sp³-hybridized carbons (Fsp3) is 0.320. The van der Waals surface area contributed by atoms with Crippen LogP contribution in [-0.4, -0.2) is 60.9 Å². The summed E-state index contributed by atoms with van der Waals surface area (Å²) in [5.74, 6) is 2.22. The molecule has 1 aliphatic heterocycles. The molecule has 1 aromatic heterocycles. The van der Waals surface area contributed by atoms with Gasteiger partial charge in [0.1, 0.15) is 11.5 Å². The Kier molecular flexibility index (Phi) is 6.54. The molecule has 0 saturated carbocycles. The number of rotatable bonds is 6. The van der Waals surface area contributed by atoms with Crippen molar-refractivity contribution in [3.05, 3.63) is 65.7 Å². The number of nitrogens with zero attached hydrogens (tertiary/aromatic N) is 4. The van der Waals surface area contributed by atoms with Crippen molar-refractivity contribution in [1.29, 1.82) is 0 Å². The first kappa shape index (κ1) is 21.6. The van der Waals surface area contributed by atoms with E-state index in [4.69, 9.17) is 9.47 Å². The van der Waals surface area contributed by atoms with E-state index >= 15 is 0 Å². The maximum absolute atomic E-state index is 12.5. The molecule has 1 fully saturated rings. The van der Waals surface area contributed by atoms with Crippen molar-refractivity contribution in [2.24, 2.45) is 0 Å². The third-order valence-electron chi connectivity index (χ3n) is 5.83. The van der Waals surface area contributed by atoms with Crippen LogP contribution in [0.25, 0.3) is 11.3 Å². The first-order valence-corrected chi connectivity index (χ1v) is 10.7. The van der Waals surface area contributed by atoms with Gasteiger partial charge in [-0.15, -0.1) is 10.2 Å². The number of methoxy groups -OCH3 is 1. The van der Waals surface area contributed by atoms with Crippen LogP contribution >= 0.6 is 0 Å². The summed E-state index contributed by atoms with van der Waals surface area (Å²) < 4.78 is 10.7. The van der Waals surface area contributed by atoms with E-state index in [1.165, 1.54) is 11.1 Å². The van der Waals surface area contributed by atoms with E-state index in [9.17, 15) is 4.79 Å². The van der Waals surface area contributed by atoms with E-state index in [0.29, 0.717) is 31.9 Å². The number of benzene rings is 2. The van der Waals surface area contributed by atoms with Gasteiger partial charge < -0.3 is 19.3 Å². The molecule has 0 atom stereocenters. The number of aromatic nitrogens is 2. The summed E-state index contributed by atoms with van der Waals surface area (Å²) in [6.07, 6.45) is 0. The lowest BCUT2D eigenvalue weighted by Crippen LogP contribution is -2.50. The van der Waals surface area contributed by atoms with E-state index in [1.807, 2.05) is 29.2 Å². The second-order valence-corrected chi connectivity index (χ2v) is 7.91. The number of amides is 1. The van der Waals surface area contributed by atoms with Gasteiger partial charge in [0.15, 0.2) is 12.4 Å². The smallest absolute Gasteiger partial charge is 0.260 e. The Morgan fingerprint density at radius 3 is 2.22 bits per heavy atom. The van der Waals surface area contributed by atoms with Crippen molar-refractivity contribution in [3.63, 3.8) is 0 Å². The van der Waals surface area contributed by atoms with Crippen molar-refractivity contribution in [2.45, 2.75) is 13.8 Å². The average molecular weight is 433 g/mol. The lowest BCUT2D eigenvalue weighted by Gasteiger charge is -2.35. The van der Waals surface area contributed by atoms with Crippen LogP contribution in [0.2, 0.25) is 0 Å². The van der Waals surface area contributed by atoms with Gasteiger partial charge in [-0.1, -0.05) is 12.1 Å². The molecule has 32 heavy (non-hydrogen) atoms. The lowest BCUT2D eigenvalue weighted by atomic mass is 10.0. The Bertz CT molecular complexity index is 1060. The molecule has 3 aromatic rings. The van der Waals surface area contributed by atoms with E-state index in [1.54, 1.807) is 19.2 Å². The topological polar surface area (TPSA) is 67.8 Å². The Hall–Kier alpha value is -3.61. The standard InChI is InChI=1S/C25H28N4O3/c1-18-4-5-20(16-19(18)2)23-10-11-24(27-26-23)28-12-14-29(15-13-28)25(30)17-32-22-8-6-21(31-3)7-9-22/h4-11,16H,12-15,17H2,1-3H3. The molecule has 0 radical (unpaired) electrons. The van der Waals surface area contributed by atoms with Gasteiger partial charge in [-0.3, -0.25) is 4.79 Å². The summed E-state index contributed by atoms with van der Waals surface area (Å²) in [5.41, 5.74) is 4.44. The fourth-order valence-electron chi connectivity index (χ4n) is 3.64. The predicted molar refractivity (Wildman–Crippen MR) is 124 cm³/mol. The molecule has 1 aliphatic rings. The number of ether oxygens (including phenoxy) is 2. The van der Waals surface area contributed by atoms with Crippen LogP contribution in [0.4, 0.5) is 5.82 Å². The third kappa shape index (κ3) is 4.99. The van der Waals surface area contributed by atoms with Crippen molar-refractivity contribution in [3.8, 4) is 22.8 Å². The molecule has 0 bridgehead atoms. The number of piperazine rings is 1. The van der Waals surface area contributed by atoms with Gasteiger partial charge in [-0.25, -0.2) is 0 Å². The van der Waals surface area contributed by atoms with E-state index in [2.05, 4.69) is 47.1 Å². The largest absolute Gasteiger partial charge is 0.497 e. The summed E-state index contributed by atoms with van der Waals surface area (Å²) in [6.45, 7) is 6.92. The predicted octanol–water partition coefficient (Wildman–Crippen LogP) is 3.50. The summed E-state index contributed by atoms with van der Waals surface area (Å²) in [5, 5.41) is 8.85. The van der Waals surface area contributed by atoms with Crippen LogP contribution in [0.1, 0.15) is 11.1 Å². The maximum Gasteiger partial charge on any atom is 0.260 e. The van der Waals surface area contributed by atoms with Crippen LogP contribution in [0.15, 0.2) is 54.6 Å². The zero-order chi connectivity index (χ0) is 22.5. The van der Waals surface area contributed by atoms with Crippen LogP contribution in [0.3, 0.4) is 0 Å². The molecule has 1 saturated heterocycles. The summed E-state index contributed by atoms with van der Waals surface area (Å²) >= 11 is 0. The van der Waals surface area contributed by atoms with Crippen LogP contribution < -0.4 is 14.4 Å². The Labute approximate surface area is 188 Å². The highest BCUT2D eigenvalue weighted by Crippen LogP contribution is 2.22. The molecular formula is C25H28N4O3. The summed E-state index contributed by atoms with van der Waals surface area (Å²) in [7, 11) is 1.61. The highest BCUT2D eigenvalue weighted by molar-refractivity contribution is 5.78. The van der Waals surface area contributed by atoms with Gasteiger partial charge in [0, 0.05) is 31.7 Å². The monoisotopic (exact) mass is 432 g/mol. The number of aryl methyl sites for hydroxylation is 2. The Morgan fingerprint density at radius 1 is 0.875 bits per heavy atom. The van der Waals surface area contributed by atoms with Gasteiger partial charge in [0.25, 0.3) is 5.91 Å². The SMILES string of the molecule is COc1ccc(OCC(=O)N2CCN(c3ccc(-c4ccc(C)c(C)c4)nn3)CC2)cc1. The highest BCUT2D eigenvalue weighted by Gasteiger charge is 2.22. The normalized spacial score (nSPS) is 13.7. The molecule has 2 aromatic carbocycles. The van der Waals surface area contributed by atoms with Gasteiger partial charge in [-0.2, -0.15) is 0 Å². The molecule has 1 amide bonds. The number of anilines is 1.